The van der Waals surface area contributed by atoms with Gasteiger partial charge in [-0.2, -0.15) is 13.2 Å². The Kier molecular flexibility index (Phi) is 4.67. The van der Waals surface area contributed by atoms with Crippen LogP contribution in [-0.2, 0) is 16.0 Å². The number of nitrogens with one attached hydrogen (secondary N) is 2. The molecule has 154 valence electrons. The Morgan fingerprint density at radius 1 is 1.21 bits per heavy atom. The fourth-order valence-electron chi connectivity index (χ4n) is 4.78. The molecule has 1 heterocycles. The van der Waals surface area contributed by atoms with Gasteiger partial charge in [0, 0.05) is 40.2 Å². The normalized spacial score (nSPS) is 19.4. The highest BCUT2D eigenvalue weighted by atomic mass is 19.4. The minimum absolute atomic E-state index is 0.0866. The van der Waals surface area contributed by atoms with Crippen LogP contribution in [0.25, 0.3) is 10.9 Å². The van der Waals surface area contributed by atoms with Gasteiger partial charge in [-0.25, -0.2) is 4.79 Å². The summed E-state index contributed by atoms with van der Waals surface area (Å²) in [6.45, 7) is 0. The summed E-state index contributed by atoms with van der Waals surface area (Å²) in [5, 5.41) is 13.3. The van der Waals surface area contributed by atoms with E-state index in [2.05, 4.69) is 10.3 Å². The minimum Gasteiger partial charge on any atom is -0.480 e. The van der Waals surface area contributed by atoms with Crippen LogP contribution in [0.2, 0.25) is 0 Å². The number of alkyl halides is 3. The molecule has 5 nitrogen and oxygen atoms in total. The van der Waals surface area contributed by atoms with Crippen molar-refractivity contribution in [3.05, 3.63) is 47.3 Å². The van der Waals surface area contributed by atoms with E-state index in [0.717, 1.165) is 29.3 Å². The summed E-state index contributed by atoms with van der Waals surface area (Å²) < 4.78 is 39.5. The second kappa shape index (κ2) is 6.93. The van der Waals surface area contributed by atoms with Crippen LogP contribution in [0.15, 0.2) is 41.7 Å². The highest BCUT2D eigenvalue weighted by Gasteiger charge is 2.56. The van der Waals surface area contributed by atoms with Crippen molar-refractivity contribution < 1.29 is 27.9 Å². The molecule has 3 N–H and O–H groups in total. The van der Waals surface area contributed by atoms with Gasteiger partial charge >= 0.3 is 12.1 Å². The summed E-state index contributed by atoms with van der Waals surface area (Å²) in [6.07, 6.45) is -0.249. The molecule has 0 radical (unpaired) electrons. The maximum atomic E-state index is 13.2. The summed E-state index contributed by atoms with van der Waals surface area (Å²) in [4.78, 5) is 27.0. The van der Waals surface area contributed by atoms with E-state index in [9.17, 15) is 27.9 Å². The number of aromatic nitrogens is 1. The lowest BCUT2D eigenvalue weighted by Crippen LogP contribution is -2.48. The van der Waals surface area contributed by atoms with Crippen molar-refractivity contribution in [1.82, 2.24) is 10.3 Å². The minimum atomic E-state index is -4.96. The van der Waals surface area contributed by atoms with Gasteiger partial charge in [-0.15, -0.1) is 0 Å². The summed E-state index contributed by atoms with van der Waals surface area (Å²) in [7, 11) is 0. The third-order valence-electron chi connectivity index (χ3n) is 6.14. The van der Waals surface area contributed by atoms with Crippen molar-refractivity contribution in [1.29, 1.82) is 0 Å². The number of H-pyrrole nitrogens is 1. The second-order valence-electron chi connectivity index (χ2n) is 7.94. The highest BCUT2D eigenvalue weighted by Crippen LogP contribution is 2.57. The number of carboxylic acids is 1. The Morgan fingerprint density at radius 3 is 2.55 bits per heavy atom. The molecule has 8 heteroatoms. The van der Waals surface area contributed by atoms with Crippen molar-refractivity contribution >= 4 is 22.7 Å². The van der Waals surface area contributed by atoms with Crippen LogP contribution in [-0.4, -0.2) is 34.1 Å². The maximum absolute atomic E-state index is 13.2. The van der Waals surface area contributed by atoms with E-state index in [4.69, 9.17) is 0 Å². The lowest BCUT2D eigenvalue weighted by molar-refractivity contribution is -0.168. The van der Waals surface area contributed by atoms with E-state index in [1.165, 1.54) is 0 Å². The van der Waals surface area contributed by atoms with Crippen LogP contribution in [0.3, 0.4) is 0 Å². The first-order valence-electron chi connectivity index (χ1n) is 9.61. The number of carboxylic acid groups (broad SMARTS) is 1. The first-order valence-corrected chi connectivity index (χ1v) is 9.61. The Bertz CT molecular complexity index is 1000. The molecule has 1 atom stereocenters. The zero-order valence-electron chi connectivity index (χ0n) is 15.6. The lowest BCUT2D eigenvalue weighted by Gasteiger charge is -2.44. The summed E-state index contributed by atoms with van der Waals surface area (Å²) >= 11 is 0. The van der Waals surface area contributed by atoms with Gasteiger partial charge in [0.15, 0.2) is 0 Å². The molecule has 0 amide bonds. The number of hydrogen-bond donors (Lipinski definition) is 3. The number of benzene rings is 1. The Balaban J connectivity index is 1.63. The summed E-state index contributed by atoms with van der Waals surface area (Å²) in [6, 6.07) is 6.28. The van der Waals surface area contributed by atoms with E-state index in [1.54, 1.807) is 6.20 Å². The molecule has 1 aromatic heterocycles. The van der Waals surface area contributed by atoms with Crippen LogP contribution in [0.1, 0.15) is 37.7 Å². The molecule has 4 rings (SSSR count). The van der Waals surface area contributed by atoms with Gasteiger partial charge in [-0.3, -0.25) is 4.79 Å². The van der Waals surface area contributed by atoms with Crippen LogP contribution >= 0.6 is 0 Å². The predicted molar refractivity (Wildman–Crippen MR) is 100 cm³/mol. The monoisotopic (exact) mass is 406 g/mol. The average Bonchev–Trinajstić information content (AvgIpc) is 3.28. The molecule has 1 fully saturated rings. The number of carbonyl (C=O) groups excluding carboxylic acids is 1. The van der Waals surface area contributed by atoms with E-state index in [0.29, 0.717) is 19.3 Å². The molecule has 1 aromatic carbocycles. The Labute approximate surface area is 165 Å². The number of carbonyl (C=O) groups is 2. The van der Waals surface area contributed by atoms with Gasteiger partial charge < -0.3 is 15.4 Å². The smallest absolute Gasteiger partial charge is 0.454 e. The number of allylic oxidation sites excluding steroid dienone is 2. The van der Waals surface area contributed by atoms with Crippen molar-refractivity contribution in [2.75, 3.05) is 0 Å². The van der Waals surface area contributed by atoms with Gasteiger partial charge in [-0.1, -0.05) is 31.0 Å². The van der Waals surface area contributed by atoms with Crippen molar-refractivity contribution in [2.24, 2.45) is 5.41 Å². The molecular formula is C21H21F3N2O3. The second-order valence-corrected chi connectivity index (χ2v) is 7.94. The number of para-hydroxylation sites is 1. The van der Waals surface area contributed by atoms with Crippen molar-refractivity contribution in [3.8, 4) is 0 Å². The van der Waals surface area contributed by atoms with Gasteiger partial charge in [0.25, 0.3) is 5.78 Å². The van der Waals surface area contributed by atoms with Crippen molar-refractivity contribution in [3.63, 3.8) is 0 Å². The molecule has 2 aliphatic carbocycles. The lowest BCUT2D eigenvalue weighted by atomic mass is 9.63. The number of halogens is 3. The quantitative estimate of drug-likeness (QED) is 0.675. The standard InChI is InChI=1S/C21H21F3N2O3/c22-21(23,24)18(27)17-16(10-20(17)7-3-4-8-20)26-15(19(28)29)9-12-11-25-14-6-2-1-5-13(12)14/h1-2,5-6,11,15,25-26H,3-4,7-10H2,(H,28,29). The molecule has 1 spiro atoms. The highest BCUT2D eigenvalue weighted by molar-refractivity contribution is 6.03. The molecule has 2 aromatic rings. The number of hydrogen-bond acceptors (Lipinski definition) is 3. The molecule has 1 unspecified atom stereocenters. The van der Waals surface area contributed by atoms with Crippen LogP contribution in [0, 0.1) is 5.41 Å². The molecule has 29 heavy (non-hydrogen) atoms. The molecular weight excluding hydrogens is 385 g/mol. The molecule has 1 saturated carbocycles. The molecule has 0 bridgehead atoms. The predicted octanol–water partition coefficient (Wildman–Crippen LogP) is 4.10. The van der Waals surface area contributed by atoms with Gasteiger partial charge in [0.1, 0.15) is 6.04 Å². The SMILES string of the molecule is O=C(O)C(Cc1c[nH]c2ccccc12)NC1=C(C(=O)C(F)(F)F)C2(CCCC2)C1. The maximum Gasteiger partial charge on any atom is 0.454 e. The average molecular weight is 406 g/mol. The number of fused-ring (bicyclic) bond motifs is 1. The van der Waals surface area contributed by atoms with E-state index in [-0.39, 0.29) is 17.7 Å². The van der Waals surface area contributed by atoms with Crippen LogP contribution < -0.4 is 5.32 Å². The topological polar surface area (TPSA) is 82.2 Å². The number of rotatable bonds is 6. The third-order valence-corrected chi connectivity index (χ3v) is 6.14. The Morgan fingerprint density at radius 2 is 1.90 bits per heavy atom. The number of aromatic amines is 1. The van der Waals surface area contributed by atoms with Crippen molar-refractivity contribution in [2.45, 2.75) is 50.7 Å². The zero-order chi connectivity index (χ0) is 20.8. The van der Waals surface area contributed by atoms with Gasteiger partial charge in [0.05, 0.1) is 0 Å². The number of aliphatic carboxylic acids is 1. The van der Waals surface area contributed by atoms with E-state index >= 15 is 0 Å². The fraction of sp³-hybridized carbons (Fsp3) is 0.429. The largest absolute Gasteiger partial charge is 0.480 e. The first kappa shape index (κ1) is 19.5. The molecule has 2 aliphatic rings. The van der Waals surface area contributed by atoms with Gasteiger partial charge in [-0.05, 0) is 30.9 Å². The Hall–Kier alpha value is -2.77. The zero-order valence-corrected chi connectivity index (χ0v) is 15.6. The summed E-state index contributed by atoms with van der Waals surface area (Å²) in [5.74, 6) is -3.02. The van der Waals surface area contributed by atoms with Crippen LogP contribution in [0.4, 0.5) is 13.2 Å². The summed E-state index contributed by atoms with van der Waals surface area (Å²) in [5.41, 5.74) is 0.722. The van der Waals surface area contributed by atoms with E-state index in [1.807, 2.05) is 24.3 Å². The number of Topliss-reactive ketones (excluding diaryl/α,β-unsaturated/α-hetero) is 1. The molecule has 0 saturated heterocycles. The molecule has 0 aliphatic heterocycles. The number of ketones is 1. The first-order chi connectivity index (χ1) is 13.7. The van der Waals surface area contributed by atoms with Gasteiger partial charge in [0.2, 0.25) is 0 Å². The van der Waals surface area contributed by atoms with E-state index < -0.39 is 29.4 Å². The van der Waals surface area contributed by atoms with Crippen LogP contribution in [0.5, 0.6) is 0 Å². The fourth-order valence-corrected chi connectivity index (χ4v) is 4.78. The third kappa shape index (κ3) is 3.41.